The van der Waals surface area contributed by atoms with Gasteiger partial charge in [-0.2, -0.15) is 0 Å². The fourth-order valence-corrected chi connectivity index (χ4v) is 3.15. The number of methoxy groups -OCH3 is 2. The lowest BCUT2D eigenvalue weighted by molar-refractivity contribution is -0.115. The maximum Gasteiger partial charge on any atom is 0.238 e. The van der Waals surface area contributed by atoms with Crippen molar-refractivity contribution < 1.29 is 14.3 Å². The SMILES string of the molecule is COc1ccc([C@@H](C)NCC(=O)Nc2cc(C)c(Cl)cc2OC)cc1Br. The summed E-state index contributed by atoms with van der Waals surface area (Å²) in [4.78, 5) is 12.3. The van der Waals surface area contributed by atoms with Crippen molar-refractivity contribution in [2.45, 2.75) is 19.9 Å². The average molecular weight is 442 g/mol. The van der Waals surface area contributed by atoms with Crippen LogP contribution < -0.4 is 20.1 Å². The normalized spacial score (nSPS) is 11.8. The van der Waals surface area contributed by atoms with Crippen molar-refractivity contribution in [3.63, 3.8) is 0 Å². The predicted octanol–water partition coefficient (Wildman–Crippen LogP) is 4.72. The Labute approximate surface area is 167 Å². The van der Waals surface area contributed by atoms with Gasteiger partial charge in [-0.3, -0.25) is 4.79 Å². The molecule has 2 N–H and O–H groups in total. The van der Waals surface area contributed by atoms with Crippen molar-refractivity contribution in [3.8, 4) is 11.5 Å². The molecule has 0 fully saturated rings. The molecule has 0 aromatic heterocycles. The molecule has 26 heavy (non-hydrogen) atoms. The van der Waals surface area contributed by atoms with Crippen LogP contribution in [0.1, 0.15) is 24.1 Å². The molecule has 0 saturated carbocycles. The number of anilines is 1. The van der Waals surface area contributed by atoms with E-state index < -0.39 is 0 Å². The fourth-order valence-electron chi connectivity index (χ4n) is 2.44. The van der Waals surface area contributed by atoms with E-state index in [1.54, 1.807) is 26.4 Å². The third-order valence-corrected chi connectivity index (χ3v) is 5.03. The van der Waals surface area contributed by atoms with Gasteiger partial charge in [0.1, 0.15) is 11.5 Å². The summed E-state index contributed by atoms with van der Waals surface area (Å²) in [5, 5.41) is 6.65. The van der Waals surface area contributed by atoms with Gasteiger partial charge in [-0.1, -0.05) is 17.7 Å². The van der Waals surface area contributed by atoms with Crippen molar-refractivity contribution in [3.05, 3.63) is 51.0 Å². The van der Waals surface area contributed by atoms with E-state index in [9.17, 15) is 4.79 Å². The van der Waals surface area contributed by atoms with E-state index in [-0.39, 0.29) is 18.5 Å². The Hall–Kier alpha value is -1.76. The number of aryl methyl sites for hydroxylation is 1. The number of rotatable bonds is 7. The van der Waals surface area contributed by atoms with Gasteiger partial charge in [0.15, 0.2) is 0 Å². The summed E-state index contributed by atoms with van der Waals surface area (Å²) >= 11 is 9.56. The number of benzene rings is 2. The summed E-state index contributed by atoms with van der Waals surface area (Å²) in [6.07, 6.45) is 0. The largest absolute Gasteiger partial charge is 0.496 e. The van der Waals surface area contributed by atoms with Crippen molar-refractivity contribution in [1.82, 2.24) is 5.32 Å². The summed E-state index contributed by atoms with van der Waals surface area (Å²) in [7, 11) is 3.16. The zero-order chi connectivity index (χ0) is 19.3. The highest BCUT2D eigenvalue weighted by Crippen LogP contribution is 2.31. The molecule has 1 amide bonds. The molecule has 5 nitrogen and oxygen atoms in total. The molecule has 1 atom stereocenters. The second-order valence-electron chi connectivity index (χ2n) is 5.85. The van der Waals surface area contributed by atoms with Crippen LogP contribution in [0.2, 0.25) is 5.02 Å². The molecule has 2 aromatic carbocycles. The number of hydrogen-bond acceptors (Lipinski definition) is 4. The van der Waals surface area contributed by atoms with Crippen LogP contribution in [0.4, 0.5) is 5.69 Å². The lowest BCUT2D eigenvalue weighted by atomic mass is 10.1. The van der Waals surface area contributed by atoms with Crippen LogP contribution in [-0.4, -0.2) is 26.7 Å². The number of hydrogen-bond donors (Lipinski definition) is 2. The highest BCUT2D eigenvalue weighted by Gasteiger charge is 2.13. The first-order valence-electron chi connectivity index (χ1n) is 8.06. The van der Waals surface area contributed by atoms with Crippen LogP contribution in [0, 0.1) is 6.92 Å². The molecule has 0 heterocycles. The van der Waals surface area contributed by atoms with Gasteiger partial charge in [-0.05, 0) is 59.1 Å². The molecule has 2 aromatic rings. The van der Waals surface area contributed by atoms with Crippen molar-refractivity contribution in [2.75, 3.05) is 26.1 Å². The van der Waals surface area contributed by atoms with Crippen molar-refractivity contribution in [1.29, 1.82) is 0 Å². The zero-order valence-electron chi connectivity index (χ0n) is 15.2. The number of carbonyl (C=O) groups is 1. The second-order valence-corrected chi connectivity index (χ2v) is 7.11. The van der Waals surface area contributed by atoms with E-state index in [0.717, 1.165) is 21.3 Å². The van der Waals surface area contributed by atoms with Gasteiger partial charge >= 0.3 is 0 Å². The molecular weight excluding hydrogens is 420 g/mol. The predicted molar refractivity (Wildman–Crippen MR) is 108 cm³/mol. The molecule has 140 valence electrons. The molecule has 0 radical (unpaired) electrons. The van der Waals surface area contributed by atoms with Crippen LogP contribution >= 0.6 is 27.5 Å². The first-order valence-corrected chi connectivity index (χ1v) is 9.23. The monoisotopic (exact) mass is 440 g/mol. The maximum atomic E-state index is 12.3. The quantitative estimate of drug-likeness (QED) is 0.653. The smallest absolute Gasteiger partial charge is 0.238 e. The molecule has 2 rings (SSSR count). The van der Waals surface area contributed by atoms with Crippen LogP contribution in [0.3, 0.4) is 0 Å². The third kappa shape index (κ3) is 5.13. The highest BCUT2D eigenvalue weighted by atomic mass is 79.9. The van der Waals surface area contributed by atoms with Gasteiger partial charge in [0.2, 0.25) is 5.91 Å². The molecule has 7 heteroatoms. The standard InChI is InChI=1S/C19H22BrClN2O3/c1-11-7-16(18(26-4)9-15(11)21)23-19(24)10-22-12(2)13-5-6-17(25-3)14(20)8-13/h5-9,12,22H,10H2,1-4H3,(H,23,24)/t12-/m1/s1. The van der Waals surface area contributed by atoms with Crippen LogP contribution in [0.5, 0.6) is 11.5 Å². The van der Waals surface area contributed by atoms with E-state index in [2.05, 4.69) is 26.6 Å². The van der Waals surface area contributed by atoms with Crippen LogP contribution in [0.15, 0.2) is 34.8 Å². The van der Waals surface area contributed by atoms with E-state index >= 15 is 0 Å². The molecule has 0 spiro atoms. The van der Waals surface area contributed by atoms with Gasteiger partial charge < -0.3 is 20.1 Å². The van der Waals surface area contributed by atoms with Crippen LogP contribution in [-0.2, 0) is 4.79 Å². The molecule has 0 aliphatic carbocycles. The van der Waals surface area contributed by atoms with Crippen LogP contribution in [0.25, 0.3) is 0 Å². The molecule has 0 bridgehead atoms. The second kappa shape index (κ2) is 9.26. The van der Waals surface area contributed by atoms with Gasteiger partial charge in [-0.25, -0.2) is 0 Å². The Balaban J connectivity index is 1.98. The molecule has 0 saturated heterocycles. The Kier molecular flexibility index (Phi) is 7.32. The van der Waals surface area contributed by atoms with E-state index in [0.29, 0.717) is 16.5 Å². The molecule has 0 aliphatic rings. The topological polar surface area (TPSA) is 59.6 Å². The fraction of sp³-hybridized carbons (Fsp3) is 0.316. The van der Waals surface area contributed by atoms with E-state index in [1.165, 1.54) is 0 Å². The zero-order valence-corrected chi connectivity index (χ0v) is 17.5. The minimum absolute atomic E-state index is 0.00296. The molecular formula is C19H22BrClN2O3. The number of ether oxygens (including phenoxy) is 2. The van der Waals surface area contributed by atoms with Gasteiger partial charge in [0, 0.05) is 17.1 Å². The lowest BCUT2D eigenvalue weighted by Crippen LogP contribution is -2.30. The number of halogens is 2. The first kappa shape index (κ1) is 20.6. The molecule has 0 aliphatic heterocycles. The van der Waals surface area contributed by atoms with Gasteiger partial charge in [0.05, 0.1) is 30.9 Å². The third-order valence-electron chi connectivity index (χ3n) is 4.00. The van der Waals surface area contributed by atoms with Gasteiger partial charge in [0.25, 0.3) is 0 Å². The Bertz CT molecular complexity index is 799. The van der Waals surface area contributed by atoms with Crippen molar-refractivity contribution in [2.24, 2.45) is 0 Å². The number of carbonyl (C=O) groups excluding carboxylic acids is 1. The summed E-state index contributed by atoms with van der Waals surface area (Å²) in [5.74, 6) is 1.13. The highest BCUT2D eigenvalue weighted by molar-refractivity contribution is 9.10. The minimum Gasteiger partial charge on any atom is -0.496 e. The first-order chi connectivity index (χ1) is 12.3. The Morgan fingerprint density at radius 3 is 2.50 bits per heavy atom. The van der Waals surface area contributed by atoms with Gasteiger partial charge in [-0.15, -0.1) is 0 Å². The molecule has 0 unspecified atom stereocenters. The average Bonchev–Trinajstić information content (AvgIpc) is 2.62. The Morgan fingerprint density at radius 1 is 1.19 bits per heavy atom. The minimum atomic E-state index is -0.163. The van der Waals surface area contributed by atoms with Crippen molar-refractivity contribution >= 4 is 39.1 Å². The number of nitrogens with one attached hydrogen (secondary N) is 2. The summed E-state index contributed by atoms with van der Waals surface area (Å²) in [6.45, 7) is 4.03. The van der Waals surface area contributed by atoms with E-state index in [1.807, 2.05) is 32.0 Å². The number of amides is 1. The summed E-state index contributed by atoms with van der Waals surface area (Å²) in [6, 6.07) is 9.31. The lowest BCUT2D eigenvalue weighted by Gasteiger charge is -2.16. The Morgan fingerprint density at radius 2 is 1.88 bits per heavy atom. The maximum absolute atomic E-state index is 12.3. The summed E-state index contributed by atoms with van der Waals surface area (Å²) < 4.78 is 11.4. The van der Waals surface area contributed by atoms with E-state index in [4.69, 9.17) is 21.1 Å². The summed E-state index contributed by atoms with van der Waals surface area (Å²) in [5.41, 5.74) is 2.51.